The average Bonchev–Trinajstić information content (AvgIpc) is 2.98. The summed E-state index contributed by atoms with van der Waals surface area (Å²) in [5.74, 6) is 0.356. The Balaban J connectivity index is 1.60. The number of benzene rings is 1. The number of hydrogen-bond acceptors (Lipinski definition) is 4. The Kier molecular flexibility index (Phi) is 4.81. The van der Waals surface area contributed by atoms with Crippen LogP contribution >= 0.6 is 0 Å². The Morgan fingerprint density at radius 2 is 2.13 bits per heavy atom. The molecule has 1 aromatic carbocycles. The minimum Gasteiger partial charge on any atom is -0.497 e. The maximum atomic E-state index is 12.4. The van der Waals surface area contributed by atoms with E-state index in [0.29, 0.717) is 31.2 Å². The molecule has 1 unspecified atom stereocenters. The lowest BCUT2D eigenvalue weighted by Crippen LogP contribution is -2.41. The van der Waals surface area contributed by atoms with Gasteiger partial charge in [0.15, 0.2) is 0 Å². The van der Waals surface area contributed by atoms with Gasteiger partial charge >= 0.3 is 0 Å². The van der Waals surface area contributed by atoms with Crippen LogP contribution in [-0.4, -0.2) is 49.6 Å². The topological polar surface area (TPSA) is 67.9 Å². The van der Waals surface area contributed by atoms with Gasteiger partial charge in [-0.3, -0.25) is 9.59 Å². The fourth-order valence-electron chi connectivity index (χ4n) is 3.20. The maximum Gasteiger partial charge on any atom is 0.229 e. The van der Waals surface area contributed by atoms with Gasteiger partial charge in [0.05, 0.1) is 13.0 Å². The smallest absolute Gasteiger partial charge is 0.229 e. The molecule has 0 aliphatic carbocycles. The van der Waals surface area contributed by atoms with Crippen molar-refractivity contribution in [2.24, 2.45) is 5.92 Å². The van der Waals surface area contributed by atoms with Crippen molar-refractivity contribution in [3.8, 4) is 5.75 Å². The normalized spacial score (nSPS) is 22.2. The van der Waals surface area contributed by atoms with Crippen LogP contribution in [0.4, 0.5) is 5.69 Å². The van der Waals surface area contributed by atoms with Gasteiger partial charge in [0.25, 0.3) is 0 Å². The Bertz CT molecular complexity index is 584. The van der Waals surface area contributed by atoms with Gasteiger partial charge in [-0.15, -0.1) is 0 Å². The Labute approximate surface area is 135 Å². The predicted molar refractivity (Wildman–Crippen MR) is 85.3 cm³/mol. The number of methoxy groups -OCH3 is 1. The van der Waals surface area contributed by atoms with E-state index in [2.05, 4.69) is 5.32 Å². The highest BCUT2D eigenvalue weighted by Gasteiger charge is 2.38. The van der Waals surface area contributed by atoms with E-state index in [4.69, 9.17) is 9.47 Å². The lowest BCUT2D eigenvalue weighted by molar-refractivity contribution is -0.131. The van der Waals surface area contributed by atoms with Crippen LogP contribution in [0.15, 0.2) is 24.3 Å². The number of carbonyl (C=O) groups is 2. The molecular formula is C17H22N2O4. The standard InChI is InChI=1S/C17H22N2O4/c1-22-15-4-2-3-13(10-15)18-17(21)12-9-16(20)19(11-12)14-5-7-23-8-6-14/h2-4,10,12,14H,5-9,11H2,1H3,(H,18,21). The third-order valence-electron chi connectivity index (χ3n) is 4.50. The third kappa shape index (κ3) is 3.64. The summed E-state index contributed by atoms with van der Waals surface area (Å²) in [6.45, 7) is 1.88. The minimum absolute atomic E-state index is 0.0719. The van der Waals surface area contributed by atoms with Crippen molar-refractivity contribution >= 4 is 17.5 Å². The van der Waals surface area contributed by atoms with E-state index in [1.807, 2.05) is 23.1 Å². The van der Waals surface area contributed by atoms with Crippen molar-refractivity contribution in [3.63, 3.8) is 0 Å². The Morgan fingerprint density at radius 1 is 1.35 bits per heavy atom. The zero-order valence-corrected chi connectivity index (χ0v) is 13.3. The van der Waals surface area contributed by atoms with E-state index >= 15 is 0 Å². The average molecular weight is 318 g/mol. The molecular weight excluding hydrogens is 296 g/mol. The molecule has 0 radical (unpaired) electrons. The van der Waals surface area contributed by atoms with E-state index in [0.717, 1.165) is 12.8 Å². The predicted octanol–water partition coefficient (Wildman–Crippen LogP) is 1.66. The molecule has 2 aliphatic rings. The first-order valence-corrected chi connectivity index (χ1v) is 7.99. The lowest BCUT2D eigenvalue weighted by Gasteiger charge is -2.31. The molecule has 2 amide bonds. The molecule has 1 atom stereocenters. The van der Waals surface area contributed by atoms with Crippen LogP contribution in [0.2, 0.25) is 0 Å². The molecule has 2 heterocycles. The van der Waals surface area contributed by atoms with Crippen LogP contribution in [0.5, 0.6) is 5.75 Å². The van der Waals surface area contributed by atoms with Gasteiger partial charge in [0.1, 0.15) is 5.75 Å². The first kappa shape index (κ1) is 15.8. The number of ether oxygens (including phenoxy) is 2. The zero-order valence-electron chi connectivity index (χ0n) is 13.3. The summed E-state index contributed by atoms with van der Waals surface area (Å²) < 4.78 is 10.5. The lowest BCUT2D eigenvalue weighted by atomic mass is 10.1. The van der Waals surface area contributed by atoms with Crippen molar-refractivity contribution in [3.05, 3.63) is 24.3 Å². The van der Waals surface area contributed by atoms with Crippen LogP contribution in [0.25, 0.3) is 0 Å². The van der Waals surface area contributed by atoms with E-state index in [1.54, 1.807) is 13.2 Å². The van der Waals surface area contributed by atoms with Gasteiger partial charge in [0, 0.05) is 44.0 Å². The zero-order chi connectivity index (χ0) is 16.2. The van der Waals surface area contributed by atoms with Gasteiger partial charge in [-0.1, -0.05) is 6.07 Å². The SMILES string of the molecule is COc1cccc(NC(=O)C2CC(=O)N(C3CCOCC3)C2)c1. The van der Waals surface area contributed by atoms with Crippen molar-refractivity contribution in [2.75, 3.05) is 32.2 Å². The van der Waals surface area contributed by atoms with Gasteiger partial charge in [0.2, 0.25) is 11.8 Å². The second-order valence-corrected chi connectivity index (χ2v) is 6.01. The highest BCUT2D eigenvalue weighted by molar-refractivity contribution is 5.97. The van der Waals surface area contributed by atoms with Crippen molar-refractivity contribution in [1.29, 1.82) is 0 Å². The monoisotopic (exact) mass is 318 g/mol. The number of nitrogens with one attached hydrogen (secondary N) is 1. The molecule has 6 nitrogen and oxygen atoms in total. The van der Waals surface area contributed by atoms with Gasteiger partial charge < -0.3 is 19.7 Å². The Hall–Kier alpha value is -2.08. The summed E-state index contributed by atoms with van der Waals surface area (Å²) >= 11 is 0. The minimum atomic E-state index is -0.295. The molecule has 1 aromatic rings. The molecule has 2 saturated heterocycles. The fraction of sp³-hybridized carbons (Fsp3) is 0.529. The number of rotatable bonds is 4. The van der Waals surface area contributed by atoms with Crippen LogP contribution in [-0.2, 0) is 14.3 Å². The molecule has 0 saturated carbocycles. The molecule has 6 heteroatoms. The van der Waals surface area contributed by atoms with E-state index in [9.17, 15) is 9.59 Å². The number of amides is 2. The summed E-state index contributed by atoms with van der Waals surface area (Å²) in [6.07, 6.45) is 2.00. The summed E-state index contributed by atoms with van der Waals surface area (Å²) in [7, 11) is 1.59. The molecule has 124 valence electrons. The highest BCUT2D eigenvalue weighted by atomic mass is 16.5. The van der Waals surface area contributed by atoms with Gasteiger partial charge in [-0.2, -0.15) is 0 Å². The maximum absolute atomic E-state index is 12.4. The summed E-state index contributed by atoms with van der Waals surface area (Å²) in [4.78, 5) is 26.5. The molecule has 1 N–H and O–H groups in total. The van der Waals surface area contributed by atoms with Crippen molar-refractivity contribution in [1.82, 2.24) is 4.90 Å². The van der Waals surface area contributed by atoms with E-state index < -0.39 is 0 Å². The molecule has 0 aromatic heterocycles. The largest absolute Gasteiger partial charge is 0.497 e. The summed E-state index contributed by atoms with van der Waals surface area (Å²) in [5.41, 5.74) is 0.686. The number of anilines is 1. The van der Waals surface area contributed by atoms with Crippen LogP contribution < -0.4 is 10.1 Å². The van der Waals surface area contributed by atoms with Crippen molar-refractivity contribution < 1.29 is 19.1 Å². The molecule has 23 heavy (non-hydrogen) atoms. The number of carbonyl (C=O) groups excluding carboxylic acids is 2. The number of nitrogens with zero attached hydrogens (tertiary/aromatic N) is 1. The quantitative estimate of drug-likeness (QED) is 0.917. The van der Waals surface area contributed by atoms with E-state index in [-0.39, 0.29) is 30.2 Å². The molecule has 0 spiro atoms. The second kappa shape index (κ2) is 7.00. The summed E-state index contributed by atoms with van der Waals surface area (Å²) in [6, 6.07) is 7.44. The third-order valence-corrected chi connectivity index (χ3v) is 4.50. The van der Waals surface area contributed by atoms with E-state index in [1.165, 1.54) is 0 Å². The van der Waals surface area contributed by atoms with Crippen molar-refractivity contribution in [2.45, 2.75) is 25.3 Å². The number of likely N-dealkylation sites (tertiary alicyclic amines) is 1. The Morgan fingerprint density at radius 3 is 2.87 bits per heavy atom. The number of hydrogen-bond donors (Lipinski definition) is 1. The van der Waals surface area contributed by atoms with Gasteiger partial charge in [-0.05, 0) is 25.0 Å². The molecule has 2 aliphatic heterocycles. The molecule has 0 bridgehead atoms. The van der Waals surface area contributed by atoms with Crippen LogP contribution in [0, 0.1) is 5.92 Å². The highest BCUT2D eigenvalue weighted by Crippen LogP contribution is 2.26. The fourth-order valence-corrected chi connectivity index (χ4v) is 3.20. The summed E-state index contributed by atoms with van der Waals surface area (Å²) in [5, 5.41) is 2.88. The van der Waals surface area contributed by atoms with Crippen LogP contribution in [0.1, 0.15) is 19.3 Å². The molecule has 3 rings (SSSR count). The first-order chi connectivity index (χ1) is 11.2. The van der Waals surface area contributed by atoms with Gasteiger partial charge in [-0.25, -0.2) is 0 Å². The first-order valence-electron chi connectivity index (χ1n) is 7.99. The van der Waals surface area contributed by atoms with Crippen LogP contribution in [0.3, 0.4) is 0 Å². The second-order valence-electron chi connectivity index (χ2n) is 6.01. The molecule has 2 fully saturated rings.